The normalized spacial score (nSPS) is 14.7. The van der Waals surface area contributed by atoms with Crippen LogP contribution in [0.2, 0.25) is 0 Å². The maximum Gasteiger partial charge on any atom is 0.293 e. The topological polar surface area (TPSA) is 84.9 Å². The molecule has 32 heavy (non-hydrogen) atoms. The molecule has 0 aliphatic carbocycles. The predicted octanol–water partition coefficient (Wildman–Crippen LogP) is 4.86. The summed E-state index contributed by atoms with van der Waals surface area (Å²) in [4.78, 5) is 38.3. The van der Waals surface area contributed by atoms with E-state index in [1.165, 1.54) is 4.90 Å². The van der Waals surface area contributed by atoms with Crippen LogP contribution in [0.4, 0.5) is 10.5 Å². The second kappa shape index (κ2) is 10.9. The highest BCUT2D eigenvalue weighted by molar-refractivity contribution is 8.18. The first-order chi connectivity index (χ1) is 15.4. The van der Waals surface area contributed by atoms with Crippen LogP contribution in [0, 0.1) is 6.92 Å². The molecular formula is C24H26N2O5S. The molecule has 1 aliphatic heterocycles. The Labute approximate surface area is 191 Å². The number of ether oxygens (including phenoxy) is 2. The van der Waals surface area contributed by atoms with Gasteiger partial charge in [0.2, 0.25) is 0 Å². The number of nitrogens with one attached hydrogen (secondary N) is 1. The molecular weight excluding hydrogens is 428 g/mol. The van der Waals surface area contributed by atoms with Crippen molar-refractivity contribution in [3.63, 3.8) is 0 Å². The third-order valence-electron chi connectivity index (χ3n) is 4.58. The number of aryl methyl sites for hydroxylation is 1. The maximum absolute atomic E-state index is 12.4. The Morgan fingerprint density at radius 1 is 1.06 bits per heavy atom. The van der Waals surface area contributed by atoms with Gasteiger partial charge in [0.15, 0.2) is 18.1 Å². The van der Waals surface area contributed by atoms with Crippen LogP contribution in [0.5, 0.6) is 11.5 Å². The zero-order valence-corrected chi connectivity index (χ0v) is 19.2. The molecule has 8 heteroatoms. The van der Waals surface area contributed by atoms with Gasteiger partial charge in [0.1, 0.15) is 0 Å². The van der Waals surface area contributed by atoms with Crippen molar-refractivity contribution in [1.82, 2.24) is 4.90 Å². The van der Waals surface area contributed by atoms with Gasteiger partial charge in [0.25, 0.3) is 17.1 Å². The summed E-state index contributed by atoms with van der Waals surface area (Å²) in [5.41, 5.74) is 2.50. The number of carbonyl (C=O) groups excluding carboxylic acids is 3. The van der Waals surface area contributed by atoms with E-state index in [2.05, 4.69) is 5.32 Å². The highest BCUT2D eigenvalue weighted by Crippen LogP contribution is 2.34. The fourth-order valence-electron chi connectivity index (χ4n) is 3.05. The summed E-state index contributed by atoms with van der Waals surface area (Å²) in [5, 5.41) is 2.53. The van der Waals surface area contributed by atoms with E-state index in [9.17, 15) is 14.4 Å². The van der Waals surface area contributed by atoms with E-state index in [4.69, 9.17) is 9.47 Å². The molecule has 2 aromatic carbocycles. The molecule has 7 nitrogen and oxygen atoms in total. The summed E-state index contributed by atoms with van der Waals surface area (Å²) in [6.45, 7) is 6.37. The summed E-state index contributed by atoms with van der Waals surface area (Å²) in [6, 6.07) is 12.7. The highest BCUT2D eigenvalue weighted by atomic mass is 32.2. The fraction of sp³-hybridized carbons (Fsp3) is 0.292. The van der Waals surface area contributed by atoms with Crippen LogP contribution in [0.15, 0.2) is 47.4 Å². The first-order valence-electron chi connectivity index (χ1n) is 10.4. The Morgan fingerprint density at radius 3 is 2.50 bits per heavy atom. The maximum atomic E-state index is 12.4. The van der Waals surface area contributed by atoms with Crippen molar-refractivity contribution in [3.8, 4) is 11.5 Å². The molecule has 168 valence electrons. The van der Waals surface area contributed by atoms with Gasteiger partial charge in [-0.1, -0.05) is 30.7 Å². The van der Waals surface area contributed by atoms with E-state index in [0.717, 1.165) is 17.3 Å². The van der Waals surface area contributed by atoms with Crippen LogP contribution in [0.1, 0.15) is 31.4 Å². The molecule has 3 rings (SSSR count). The van der Waals surface area contributed by atoms with Crippen LogP contribution in [-0.2, 0) is 9.59 Å². The monoisotopic (exact) mass is 454 g/mol. The standard InChI is InChI=1S/C24H26N2O5S/c1-4-12-26-23(28)21(32-24(26)29)14-17-8-11-19(20(13-17)30-5-2)31-15-22(27)25-18-9-6-16(3)7-10-18/h6-11,13-14H,4-5,12,15H2,1-3H3,(H,25,27)/b21-14-. The SMILES string of the molecule is CCCN1C(=O)S/C(=C\c2ccc(OCC(=O)Nc3ccc(C)cc3)c(OCC)c2)C1=O. The molecule has 1 N–H and O–H groups in total. The quantitative estimate of drug-likeness (QED) is 0.545. The van der Waals surface area contributed by atoms with Gasteiger partial charge in [-0.2, -0.15) is 0 Å². The van der Waals surface area contributed by atoms with Gasteiger partial charge >= 0.3 is 0 Å². The zero-order valence-electron chi connectivity index (χ0n) is 18.3. The van der Waals surface area contributed by atoms with Crippen molar-refractivity contribution in [2.45, 2.75) is 27.2 Å². The largest absolute Gasteiger partial charge is 0.490 e. The van der Waals surface area contributed by atoms with Gasteiger partial charge in [-0.15, -0.1) is 0 Å². The first-order valence-corrected chi connectivity index (χ1v) is 11.2. The minimum absolute atomic E-state index is 0.177. The molecule has 0 radical (unpaired) electrons. The lowest BCUT2D eigenvalue weighted by Crippen LogP contribution is -2.28. The number of nitrogens with zero attached hydrogens (tertiary/aromatic N) is 1. The van der Waals surface area contributed by atoms with Crippen LogP contribution in [0.25, 0.3) is 6.08 Å². The molecule has 3 amide bonds. The molecule has 0 saturated carbocycles. The number of hydrogen-bond acceptors (Lipinski definition) is 6. The third-order valence-corrected chi connectivity index (χ3v) is 5.49. The van der Waals surface area contributed by atoms with Gasteiger partial charge in [-0.3, -0.25) is 19.3 Å². The fourth-order valence-corrected chi connectivity index (χ4v) is 3.91. The molecule has 0 unspecified atom stereocenters. The smallest absolute Gasteiger partial charge is 0.293 e. The van der Waals surface area contributed by atoms with Crippen molar-refractivity contribution >= 4 is 40.6 Å². The van der Waals surface area contributed by atoms with Gasteiger partial charge in [0.05, 0.1) is 11.5 Å². The number of benzene rings is 2. The Balaban J connectivity index is 1.69. The van der Waals surface area contributed by atoms with E-state index < -0.39 is 0 Å². The van der Waals surface area contributed by atoms with Crippen LogP contribution in [-0.4, -0.2) is 41.7 Å². The van der Waals surface area contributed by atoms with Gasteiger partial charge in [-0.25, -0.2) is 0 Å². The first kappa shape index (κ1) is 23.4. The number of rotatable bonds is 9. The molecule has 0 aromatic heterocycles. The summed E-state index contributed by atoms with van der Waals surface area (Å²) < 4.78 is 11.3. The number of hydrogen-bond donors (Lipinski definition) is 1. The molecule has 0 bridgehead atoms. The molecule has 1 fully saturated rings. The van der Waals surface area contributed by atoms with Crippen molar-refractivity contribution < 1.29 is 23.9 Å². The van der Waals surface area contributed by atoms with Crippen molar-refractivity contribution in [2.75, 3.05) is 25.1 Å². The molecule has 2 aromatic rings. The average Bonchev–Trinajstić information content (AvgIpc) is 3.03. The van der Waals surface area contributed by atoms with E-state index in [0.29, 0.717) is 47.2 Å². The Bertz CT molecular complexity index is 1030. The zero-order chi connectivity index (χ0) is 23.1. The minimum Gasteiger partial charge on any atom is -0.490 e. The lowest BCUT2D eigenvalue weighted by Gasteiger charge is -2.13. The van der Waals surface area contributed by atoms with Crippen molar-refractivity contribution in [1.29, 1.82) is 0 Å². The van der Waals surface area contributed by atoms with Gasteiger partial charge in [-0.05, 0) is 67.9 Å². The summed E-state index contributed by atoms with van der Waals surface area (Å²) in [6.07, 6.45) is 2.38. The number of anilines is 1. The Kier molecular flexibility index (Phi) is 7.94. The van der Waals surface area contributed by atoms with E-state index in [-0.39, 0.29) is 23.7 Å². The Hall–Kier alpha value is -3.26. The van der Waals surface area contributed by atoms with E-state index in [1.807, 2.05) is 45.0 Å². The molecule has 1 heterocycles. The molecule has 0 atom stereocenters. The lowest BCUT2D eigenvalue weighted by atomic mass is 10.2. The van der Waals surface area contributed by atoms with E-state index in [1.54, 1.807) is 24.3 Å². The van der Waals surface area contributed by atoms with Crippen LogP contribution < -0.4 is 14.8 Å². The van der Waals surface area contributed by atoms with Gasteiger partial charge in [0, 0.05) is 12.2 Å². The number of imide groups is 1. The second-order valence-electron chi connectivity index (χ2n) is 7.18. The third kappa shape index (κ3) is 5.91. The average molecular weight is 455 g/mol. The number of carbonyl (C=O) groups is 3. The van der Waals surface area contributed by atoms with Crippen LogP contribution >= 0.6 is 11.8 Å². The predicted molar refractivity (Wildman–Crippen MR) is 126 cm³/mol. The minimum atomic E-state index is -0.287. The summed E-state index contributed by atoms with van der Waals surface area (Å²) in [7, 11) is 0. The van der Waals surface area contributed by atoms with E-state index >= 15 is 0 Å². The highest BCUT2D eigenvalue weighted by Gasteiger charge is 2.34. The summed E-state index contributed by atoms with van der Waals surface area (Å²) >= 11 is 0.929. The second-order valence-corrected chi connectivity index (χ2v) is 8.17. The Morgan fingerprint density at radius 2 is 1.81 bits per heavy atom. The lowest BCUT2D eigenvalue weighted by molar-refractivity contribution is -0.122. The molecule has 0 spiro atoms. The molecule has 1 saturated heterocycles. The van der Waals surface area contributed by atoms with Gasteiger partial charge < -0.3 is 14.8 Å². The number of amides is 3. The van der Waals surface area contributed by atoms with Crippen molar-refractivity contribution in [2.24, 2.45) is 0 Å². The van der Waals surface area contributed by atoms with Crippen LogP contribution in [0.3, 0.4) is 0 Å². The number of thioether (sulfide) groups is 1. The summed E-state index contributed by atoms with van der Waals surface area (Å²) in [5.74, 6) is 0.303. The molecule has 1 aliphatic rings. The van der Waals surface area contributed by atoms with Crippen molar-refractivity contribution in [3.05, 3.63) is 58.5 Å².